The van der Waals surface area contributed by atoms with Crippen LogP contribution >= 0.6 is 0 Å². The number of hydrogen-bond donors (Lipinski definition) is 1. The van der Waals surface area contributed by atoms with E-state index in [1.54, 1.807) is 0 Å². The van der Waals surface area contributed by atoms with Crippen LogP contribution in [0.3, 0.4) is 0 Å². The molecule has 1 aromatic rings. The van der Waals surface area contributed by atoms with E-state index in [1.165, 1.54) is 19.1 Å². The zero-order chi connectivity index (χ0) is 12.1. The van der Waals surface area contributed by atoms with Gasteiger partial charge in [-0.3, -0.25) is 10.1 Å². The molecule has 0 amide bonds. The molecular weight excluding hydrogens is 214 g/mol. The lowest BCUT2D eigenvalue weighted by atomic mass is 10.1. The van der Waals surface area contributed by atoms with Gasteiger partial charge in [0.05, 0.1) is 7.11 Å². The highest BCUT2D eigenvalue weighted by Crippen LogP contribution is 2.19. The lowest BCUT2D eigenvalue weighted by Crippen LogP contribution is -2.12. The number of rotatable bonds is 6. The molecule has 17 heavy (non-hydrogen) atoms. The molecule has 2 atom stereocenters. The van der Waals surface area contributed by atoms with Crippen LogP contribution in [0.15, 0.2) is 30.3 Å². The van der Waals surface area contributed by atoms with Gasteiger partial charge >= 0.3 is 5.97 Å². The van der Waals surface area contributed by atoms with E-state index in [9.17, 15) is 4.79 Å². The summed E-state index contributed by atoms with van der Waals surface area (Å²) in [6, 6.07) is 10.8. The van der Waals surface area contributed by atoms with E-state index in [0.717, 1.165) is 19.3 Å². The number of methoxy groups -OCH3 is 1. The van der Waals surface area contributed by atoms with Crippen molar-refractivity contribution in [2.45, 2.75) is 37.8 Å². The molecule has 1 aliphatic rings. The SMILES string of the molecule is COC(=O)[C@@H]1N[C@H]1CCCCc1ccccc1. The van der Waals surface area contributed by atoms with Crippen LogP contribution in [0.4, 0.5) is 0 Å². The Morgan fingerprint density at radius 2 is 2.06 bits per heavy atom. The van der Waals surface area contributed by atoms with Crippen molar-refractivity contribution in [2.24, 2.45) is 0 Å². The Hall–Kier alpha value is -1.35. The zero-order valence-electron chi connectivity index (χ0n) is 10.2. The maximum Gasteiger partial charge on any atom is 0.324 e. The minimum Gasteiger partial charge on any atom is -0.468 e. The van der Waals surface area contributed by atoms with Crippen LogP contribution in [-0.4, -0.2) is 25.2 Å². The van der Waals surface area contributed by atoms with Crippen LogP contribution < -0.4 is 5.32 Å². The standard InChI is InChI=1S/C14H19NO2/c1-17-14(16)13-12(15-13)10-6-5-9-11-7-3-2-4-8-11/h2-4,7-8,12-13,15H,5-6,9-10H2,1H3/t12-,13+/m0/s1. The number of unbranched alkanes of at least 4 members (excludes halogenated alkanes) is 1. The van der Waals surface area contributed by atoms with Crippen molar-refractivity contribution in [3.05, 3.63) is 35.9 Å². The molecule has 1 aromatic carbocycles. The third-order valence-corrected chi connectivity index (χ3v) is 3.22. The topological polar surface area (TPSA) is 48.2 Å². The van der Waals surface area contributed by atoms with Gasteiger partial charge in [0.15, 0.2) is 0 Å². The Bertz CT molecular complexity index is 364. The second kappa shape index (κ2) is 5.82. The largest absolute Gasteiger partial charge is 0.468 e. The van der Waals surface area contributed by atoms with Crippen molar-refractivity contribution in [3.8, 4) is 0 Å². The highest BCUT2D eigenvalue weighted by Gasteiger charge is 2.42. The maximum absolute atomic E-state index is 11.2. The van der Waals surface area contributed by atoms with E-state index < -0.39 is 0 Å². The van der Waals surface area contributed by atoms with Gasteiger partial charge in [-0.2, -0.15) is 0 Å². The van der Waals surface area contributed by atoms with Gasteiger partial charge in [-0.1, -0.05) is 36.8 Å². The normalized spacial score (nSPS) is 22.2. The van der Waals surface area contributed by atoms with Gasteiger partial charge < -0.3 is 4.74 Å². The molecule has 1 N–H and O–H groups in total. The van der Waals surface area contributed by atoms with Crippen LogP contribution in [0.2, 0.25) is 0 Å². The Labute approximate surface area is 102 Å². The van der Waals surface area contributed by atoms with Crippen molar-refractivity contribution in [1.82, 2.24) is 5.32 Å². The summed E-state index contributed by atoms with van der Waals surface area (Å²) < 4.78 is 4.68. The van der Waals surface area contributed by atoms with Crippen molar-refractivity contribution < 1.29 is 9.53 Å². The van der Waals surface area contributed by atoms with E-state index in [0.29, 0.717) is 6.04 Å². The van der Waals surface area contributed by atoms with Crippen molar-refractivity contribution in [2.75, 3.05) is 7.11 Å². The number of esters is 1. The van der Waals surface area contributed by atoms with Gasteiger partial charge in [0.1, 0.15) is 6.04 Å². The molecule has 0 aromatic heterocycles. The summed E-state index contributed by atoms with van der Waals surface area (Å²) in [6.07, 6.45) is 4.51. The van der Waals surface area contributed by atoms with Gasteiger partial charge in [-0.05, 0) is 24.8 Å². The summed E-state index contributed by atoms with van der Waals surface area (Å²) in [6.45, 7) is 0. The fourth-order valence-corrected chi connectivity index (χ4v) is 2.12. The van der Waals surface area contributed by atoms with E-state index >= 15 is 0 Å². The van der Waals surface area contributed by atoms with E-state index in [1.807, 2.05) is 6.07 Å². The highest BCUT2D eigenvalue weighted by atomic mass is 16.5. The number of aryl methyl sites for hydroxylation is 1. The molecule has 1 aliphatic heterocycles. The predicted molar refractivity (Wildman–Crippen MR) is 66.7 cm³/mol. The summed E-state index contributed by atoms with van der Waals surface area (Å²) in [7, 11) is 1.44. The molecule has 2 rings (SSSR count). The first kappa shape index (κ1) is 12.1. The van der Waals surface area contributed by atoms with Crippen LogP contribution in [-0.2, 0) is 16.0 Å². The Morgan fingerprint density at radius 1 is 1.29 bits per heavy atom. The Morgan fingerprint density at radius 3 is 2.76 bits per heavy atom. The molecular formula is C14H19NO2. The molecule has 1 heterocycles. The summed E-state index contributed by atoms with van der Waals surface area (Å²) in [5.74, 6) is -0.127. The minimum atomic E-state index is -0.127. The molecule has 1 fully saturated rings. The molecule has 0 unspecified atom stereocenters. The van der Waals surface area contributed by atoms with E-state index in [-0.39, 0.29) is 12.0 Å². The van der Waals surface area contributed by atoms with Gasteiger partial charge in [0, 0.05) is 6.04 Å². The first-order chi connectivity index (χ1) is 8.31. The Kier molecular flexibility index (Phi) is 4.15. The van der Waals surface area contributed by atoms with Crippen LogP contribution in [0.5, 0.6) is 0 Å². The molecule has 0 bridgehead atoms. The second-order valence-corrected chi connectivity index (χ2v) is 4.51. The summed E-state index contributed by atoms with van der Waals surface area (Å²) >= 11 is 0. The fraction of sp³-hybridized carbons (Fsp3) is 0.500. The van der Waals surface area contributed by atoms with Crippen molar-refractivity contribution in [1.29, 1.82) is 0 Å². The number of ether oxygens (including phenoxy) is 1. The number of nitrogens with one attached hydrogen (secondary N) is 1. The van der Waals surface area contributed by atoms with Gasteiger partial charge in [-0.15, -0.1) is 0 Å². The summed E-state index contributed by atoms with van der Waals surface area (Å²) in [5.41, 5.74) is 1.39. The van der Waals surface area contributed by atoms with Gasteiger partial charge in [0.2, 0.25) is 0 Å². The number of carbonyl (C=O) groups is 1. The zero-order valence-corrected chi connectivity index (χ0v) is 10.2. The van der Waals surface area contributed by atoms with Crippen LogP contribution in [0.1, 0.15) is 24.8 Å². The first-order valence-corrected chi connectivity index (χ1v) is 6.19. The summed E-state index contributed by atoms with van der Waals surface area (Å²) in [4.78, 5) is 11.2. The third-order valence-electron chi connectivity index (χ3n) is 3.22. The van der Waals surface area contributed by atoms with E-state index in [2.05, 4.69) is 34.3 Å². The molecule has 0 aliphatic carbocycles. The van der Waals surface area contributed by atoms with Crippen molar-refractivity contribution >= 4 is 5.97 Å². The quantitative estimate of drug-likeness (QED) is 0.464. The second-order valence-electron chi connectivity index (χ2n) is 4.51. The molecule has 0 spiro atoms. The molecule has 92 valence electrons. The fourth-order valence-electron chi connectivity index (χ4n) is 2.12. The Balaban J connectivity index is 1.58. The molecule has 3 nitrogen and oxygen atoms in total. The van der Waals surface area contributed by atoms with Crippen LogP contribution in [0.25, 0.3) is 0 Å². The summed E-state index contributed by atoms with van der Waals surface area (Å²) in [5, 5.41) is 3.14. The van der Waals surface area contributed by atoms with Crippen LogP contribution in [0, 0.1) is 0 Å². The predicted octanol–water partition coefficient (Wildman–Crippen LogP) is 1.91. The molecule has 3 heteroatoms. The first-order valence-electron chi connectivity index (χ1n) is 6.19. The van der Waals surface area contributed by atoms with E-state index in [4.69, 9.17) is 0 Å². The average molecular weight is 233 g/mol. The number of benzene rings is 1. The van der Waals surface area contributed by atoms with Gasteiger partial charge in [0.25, 0.3) is 0 Å². The van der Waals surface area contributed by atoms with Gasteiger partial charge in [-0.25, -0.2) is 0 Å². The minimum absolute atomic E-state index is 0.0447. The smallest absolute Gasteiger partial charge is 0.324 e. The van der Waals surface area contributed by atoms with Crippen molar-refractivity contribution in [3.63, 3.8) is 0 Å². The lowest BCUT2D eigenvalue weighted by Gasteiger charge is -2.00. The average Bonchev–Trinajstić information content (AvgIpc) is 3.14. The number of carbonyl (C=O) groups excluding carboxylic acids is 1. The number of hydrogen-bond acceptors (Lipinski definition) is 3. The highest BCUT2D eigenvalue weighted by molar-refractivity contribution is 5.80. The molecule has 1 saturated heterocycles. The molecule has 0 radical (unpaired) electrons. The third kappa shape index (κ3) is 3.56. The lowest BCUT2D eigenvalue weighted by molar-refractivity contribution is -0.140. The monoisotopic (exact) mass is 233 g/mol. The maximum atomic E-state index is 11.2. The molecule has 0 saturated carbocycles.